The number of halogens is 2. The zero-order valence-electron chi connectivity index (χ0n) is 10.6. The van der Waals surface area contributed by atoms with Gasteiger partial charge in [0, 0.05) is 15.5 Å². The van der Waals surface area contributed by atoms with Crippen LogP contribution in [0.25, 0.3) is 0 Å². The Kier molecular flexibility index (Phi) is 4.93. The van der Waals surface area contributed by atoms with E-state index in [0.717, 1.165) is 11.6 Å². The monoisotopic (exact) mass is 290 g/mol. The standard InChI is InChI=1S/C13H16ClFO2S/c1-4-9(2)10(3)18(16,17)8-11-5-6-12(14)7-13(11)15/h5-7H,4,8H2,1-3H3. The van der Waals surface area contributed by atoms with Crippen LogP contribution in [-0.4, -0.2) is 8.42 Å². The second-order valence-electron chi connectivity index (χ2n) is 4.18. The maximum Gasteiger partial charge on any atom is 0.178 e. The lowest BCUT2D eigenvalue weighted by Crippen LogP contribution is -2.08. The first-order valence-corrected chi connectivity index (χ1v) is 7.64. The number of sulfone groups is 1. The molecule has 0 unspecified atom stereocenters. The molecule has 0 bridgehead atoms. The molecule has 1 aromatic rings. The van der Waals surface area contributed by atoms with E-state index in [9.17, 15) is 12.8 Å². The molecule has 0 atom stereocenters. The van der Waals surface area contributed by atoms with Crippen LogP contribution in [0.3, 0.4) is 0 Å². The highest BCUT2D eigenvalue weighted by Gasteiger charge is 2.18. The minimum absolute atomic E-state index is 0.141. The van der Waals surface area contributed by atoms with Crippen LogP contribution in [0.15, 0.2) is 28.7 Å². The van der Waals surface area contributed by atoms with E-state index in [4.69, 9.17) is 11.6 Å². The zero-order chi connectivity index (χ0) is 13.9. The van der Waals surface area contributed by atoms with Crippen molar-refractivity contribution in [2.75, 3.05) is 0 Å². The molecule has 0 saturated carbocycles. The van der Waals surface area contributed by atoms with Crippen molar-refractivity contribution in [2.45, 2.75) is 32.9 Å². The van der Waals surface area contributed by atoms with Gasteiger partial charge in [-0.05, 0) is 32.4 Å². The van der Waals surface area contributed by atoms with Crippen molar-refractivity contribution in [2.24, 2.45) is 0 Å². The van der Waals surface area contributed by atoms with Crippen molar-refractivity contribution < 1.29 is 12.8 Å². The predicted molar refractivity (Wildman–Crippen MR) is 72.7 cm³/mol. The third-order valence-corrected chi connectivity index (χ3v) is 5.17. The lowest BCUT2D eigenvalue weighted by molar-refractivity contribution is 0.591. The fourth-order valence-electron chi connectivity index (χ4n) is 1.47. The van der Waals surface area contributed by atoms with Gasteiger partial charge in [0.15, 0.2) is 9.84 Å². The predicted octanol–water partition coefficient (Wildman–Crippen LogP) is 4.10. The smallest absolute Gasteiger partial charge is 0.178 e. The highest BCUT2D eigenvalue weighted by atomic mass is 35.5. The van der Waals surface area contributed by atoms with E-state index < -0.39 is 15.7 Å². The van der Waals surface area contributed by atoms with Gasteiger partial charge in [0.05, 0.1) is 5.75 Å². The van der Waals surface area contributed by atoms with Gasteiger partial charge in [0.25, 0.3) is 0 Å². The average molecular weight is 291 g/mol. The van der Waals surface area contributed by atoms with Crippen molar-refractivity contribution >= 4 is 21.4 Å². The van der Waals surface area contributed by atoms with Crippen LogP contribution < -0.4 is 0 Å². The summed E-state index contributed by atoms with van der Waals surface area (Å²) in [5.74, 6) is -0.924. The Balaban J connectivity index is 3.11. The summed E-state index contributed by atoms with van der Waals surface area (Å²) in [4.78, 5) is 0.319. The van der Waals surface area contributed by atoms with Gasteiger partial charge in [-0.25, -0.2) is 12.8 Å². The first-order chi connectivity index (χ1) is 8.27. The van der Waals surface area contributed by atoms with E-state index in [2.05, 4.69) is 0 Å². The Bertz CT molecular complexity index is 577. The van der Waals surface area contributed by atoms with Gasteiger partial charge in [0.2, 0.25) is 0 Å². The average Bonchev–Trinajstić information content (AvgIpc) is 2.30. The van der Waals surface area contributed by atoms with Crippen LogP contribution in [0, 0.1) is 5.82 Å². The maximum absolute atomic E-state index is 13.6. The third kappa shape index (κ3) is 3.56. The number of hydrogen-bond donors (Lipinski definition) is 0. The lowest BCUT2D eigenvalue weighted by atomic mass is 10.2. The van der Waals surface area contributed by atoms with Crippen molar-refractivity contribution in [1.82, 2.24) is 0 Å². The van der Waals surface area contributed by atoms with Crippen molar-refractivity contribution in [3.8, 4) is 0 Å². The van der Waals surface area contributed by atoms with E-state index in [0.29, 0.717) is 11.3 Å². The summed E-state index contributed by atoms with van der Waals surface area (Å²) in [5.41, 5.74) is 0.937. The van der Waals surface area contributed by atoms with E-state index in [1.165, 1.54) is 12.1 Å². The Morgan fingerprint density at radius 3 is 2.44 bits per heavy atom. The molecule has 0 N–H and O–H groups in total. The van der Waals surface area contributed by atoms with Crippen molar-refractivity contribution in [1.29, 1.82) is 0 Å². The van der Waals surface area contributed by atoms with Gasteiger partial charge in [-0.1, -0.05) is 30.2 Å². The van der Waals surface area contributed by atoms with E-state index in [1.54, 1.807) is 13.8 Å². The molecule has 0 fully saturated rings. The molecule has 0 aliphatic carbocycles. The van der Waals surface area contributed by atoms with Crippen LogP contribution in [0.5, 0.6) is 0 Å². The fourth-order valence-corrected chi connectivity index (χ4v) is 3.16. The summed E-state index contributed by atoms with van der Waals surface area (Å²) in [7, 11) is -3.46. The number of allylic oxidation sites excluding steroid dienone is 2. The Labute approximate surface area is 112 Å². The molecule has 0 amide bonds. The van der Waals surface area contributed by atoms with Gasteiger partial charge in [-0.3, -0.25) is 0 Å². The molecule has 0 aromatic heterocycles. The third-order valence-electron chi connectivity index (χ3n) is 2.96. The molecule has 5 heteroatoms. The highest BCUT2D eigenvalue weighted by molar-refractivity contribution is 7.94. The molecule has 100 valence electrons. The van der Waals surface area contributed by atoms with Gasteiger partial charge < -0.3 is 0 Å². The largest absolute Gasteiger partial charge is 0.224 e. The molecule has 0 aliphatic heterocycles. The minimum atomic E-state index is -3.46. The van der Waals surface area contributed by atoms with Crippen LogP contribution in [-0.2, 0) is 15.6 Å². The Hall–Kier alpha value is -0.870. The molecule has 0 spiro atoms. The van der Waals surface area contributed by atoms with Crippen LogP contribution in [0.4, 0.5) is 4.39 Å². The van der Waals surface area contributed by atoms with Gasteiger partial charge in [0.1, 0.15) is 5.82 Å². The molecule has 0 aliphatic rings. The van der Waals surface area contributed by atoms with Gasteiger partial charge in [-0.2, -0.15) is 0 Å². The summed E-state index contributed by atoms with van der Waals surface area (Å²) in [6.07, 6.45) is 0.661. The zero-order valence-corrected chi connectivity index (χ0v) is 12.2. The molecule has 0 saturated heterocycles. The van der Waals surface area contributed by atoms with Gasteiger partial charge >= 0.3 is 0 Å². The summed E-state index contributed by atoms with van der Waals surface area (Å²) in [6.45, 7) is 5.21. The van der Waals surface area contributed by atoms with E-state index >= 15 is 0 Å². The Morgan fingerprint density at radius 1 is 1.33 bits per heavy atom. The molecule has 0 heterocycles. The normalized spacial score (nSPS) is 13.4. The molecule has 2 nitrogen and oxygen atoms in total. The molecule has 0 radical (unpaired) electrons. The first-order valence-electron chi connectivity index (χ1n) is 5.61. The maximum atomic E-state index is 13.6. The van der Waals surface area contributed by atoms with Crippen molar-refractivity contribution in [3.05, 3.63) is 45.1 Å². The molecule has 1 rings (SSSR count). The Morgan fingerprint density at radius 2 is 1.94 bits per heavy atom. The second-order valence-corrected chi connectivity index (χ2v) is 6.75. The lowest BCUT2D eigenvalue weighted by Gasteiger charge is -2.09. The minimum Gasteiger partial charge on any atom is -0.224 e. The van der Waals surface area contributed by atoms with E-state index in [-0.39, 0.29) is 16.3 Å². The topological polar surface area (TPSA) is 34.1 Å². The van der Waals surface area contributed by atoms with Crippen molar-refractivity contribution in [3.63, 3.8) is 0 Å². The molecular formula is C13H16ClFO2S. The van der Waals surface area contributed by atoms with Gasteiger partial charge in [-0.15, -0.1) is 0 Å². The molecule has 18 heavy (non-hydrogen) atoms. The van der Waals surface area contributed by atoms with E-state index in [1.807, 2.05) is 6.92 Å². The number of rotatable bonds is 4. The fraction of sp³-hybridized carbons (Fsp3) is 0.385. The quantitative estimate of drug-likeness (QED) is 0.837. The molecule has 1 aromatic carbocycles. The summed E-state index contributed by atoms with van der Waals surface area (Å²) >= 11 is 5.62. The van der Waals surface area contributed by atoms with Crippen LogP contribution >= 0.6 is 11.6 Å². The SMILES string of the molecule is CCC(C)=C(C)S(=O)(=O)Cc1ccc(Cl)cc1F. The highest BCUT2D eigenvalue weighted by Crippen LogP contribution is 2.22. The summed E-state index contributed by atoms with van der Waals surface area (Å²) in [5, 5.41) is 0.255. The number of benzene rings is 1. The van der Waals surface area contributed by atoms with Crippen LogP contribution in [0.2, 0.25) is 5.02 Å². The summed E-state index contributed by atoms with van der Waals surface area (Å²) < 4.78 is 37.7. The number of hydrogen-bond acceptors (Lipinski definition) is 2. The first kappa shape index (κ1) is 15.2. The second kappa shape index (κ2) is 5.85. The molecular weight excluding hydrogens is 275 g/mol. The summed E-state index contributed by atoms with van der Waals surface area (Å²) in [6, 6.07) is 4.02. The van der Waals surface area contributed by atoms with Crippen LogP contribution in [0.1, 0.15) is 32.8 Å².